The van der Waals surface area contributed by atoms with Crippen LogP contribution in [0.5, 0.6) is 5.75 Å². The van der Waals surface area contributed by atoms with Crippen LogP contribution >= 0.6 is 15.9 Å². The van der Waals surface area contributed by atoms with Crippen molar-refractivity contribution in [3.8, 4) is 5.75 Å². The van der Waals surface area contributed by atoms with Crippen LogP contribution in [0.1, 0.15) is 12.1 Å². The van der Waals surface area contributed by atoms with Crippen molar-refractivity contribution < 1.29 is 9.90 Å². The molecule has 2 rings (SSSR count). The van der Waals surface area contributed by atoms with Crippen LogP contribution in [-0.4, -0.2) is 20.8 Å². The van der Waals surface area contributed by atoms with Crippen LogP contribution < -0.4 is 5.32 Å². The Morgan fingerprint density at radius 1 is 1.53 bits per heavy atom. The van der Waals surface area contributed by atoms with E-state index in [1.165, 1.54) is 6.07 Å². The molecule has 0 aliphatic carbocycles. The second-order valence-electron chi connectivity index (χ2n) is 4.15. The van der Waals surface area contributed by atoms with Gasteiger partial charge in [-0.2, -0.15) is 5.10 Å². The summed E-state index contributed by atoms with van der Waals surface area (Å²) >= 11 is 3.37. The number of aromatic hydroxyl groups is 1. The van der Waals surface area contributed by atoms with Crippen LogP contribution in [-0.2, 0) is 11.3 Å². The summed E-state index contributed by atoms with van der Waals surface area (Å²) in [5, 5.41) is 16.2. The fraction of sp³-hybridized carbons (Fsp3) is 0.231. The van der Waals surface area contributed by atoms with E-state index in [-0.39, 0.29) is 11.7 Å². The van der Waals surface area contributed by atoms with Crippen LogP contribution in [0.15, 0.2) is 34.9 Å². The highest BCUT2D eigenvalue weighted by Gasteiger charge is 2.07. The minimum Gasteiger partial charge on any atom is -0.508 e. The molecule has 1 aromatic carbocycles. The molecule has 1 heterocycles. The lowest BCUT2D eigenvalue weighted by atomic mass is 10.3. The number of aryl methyl sites for hydroxylation is 1. The summed E-state index contributed by atoms with van der Waals surface area (Å²) in [6, 6.07) is 6.47. The largest absolute Gasteiger partial charge is 0.508 e. The first-order valence-electron chi connectivity index (χ1n) is 5.83. The molecular formula is C13H14BrN3O2. The number of halogens is 1. The topological polar surface area (TPSA) is 67.2 Å². The van der Waals surface area contributed by atoms with Gasteiger partial charge in [0.15, 0.2) is 0 Å². The predicted molar refractivity (Wildman–Crippen MR) is 76.0 cm³/mol. The van der Waals surface area contributed by atoms with E-state index < -0.39 is 0 Å². The highest BCUT2D eigenvalue weighted by Crippen LogP contribution is 2.16. The van der Waals surface area contributed by atoms with Crippen LogP contribution in [0.4, 0.5) is 5.69 Å². The smallest absolute Gasteiger partial charge is 0.226 e. The number of aromatic nitrogens is 2. The molecule has 0 unspecified atom stereocenters. The first kappa shape index (κ1) is 13.6. The van der Waals surface area contributed by atoms with Gasteiger partial charge in [-0.3, -0.25) is 9.48 Å². The molecule has 0 aliphatic heterocycles. The van der Waals surface area contributed by atoms with E-state index in [4.69, 9.17) is 0 Å². The molecule has 0 fully saturated rings. The minimum absolute atomic E-state index is 0.114. The summed E-state index contributed by atoms with van der Waals surface area (Å²) < 4.78 is 2.70. The van der Waals surface area contributed by atoms with E-state index in [1.54, 1.807) is 29.1 Å². The van der Waals surface area contributed by atoms with Crippen molar-refractivity contribution in [1.29, 1.82) is 0 Å². The minimum atomic E-state index is -0.114. The Balaban J connectivity index is 1.90. The van der Waals surface area contributed by atoms with E-state index in [0.717, 1.165) is 10.2 Å². The maximum absolute atomic E-state index is 11.8. The third-order valence-corrected chi connectivity index (χ3v) is 3.50. The molecule has 5 nitrogen and oxygen atoms in total. The molecule has 6 heteroatoms. The Hall–Kier alpha value is -1.82. The van der Waals surface area contributed by atoms with Crippen LogP contribution in [0.25, 0.3) is 0 Å². The van der Waals surface area contributed by atoms with E-state index in [9.17, 15) is 9.90 Å². The third-order valence-electron chi connectivity index (χ3n) is 2.72. The number of hydrogen-bond donors (Lipinski definition) is 2. The van der Waals surface area contributed by atoms with E-state index in [1.807, 2.05) is 6.92 Å². The highest BCUT2D eigenvalue weighted by molar-refractivity contribution is 9.10. The standard InChI is InChI=1S/C13H14BrN3O2/c1-9-12(14)8-15-17(9)6-5-13(19)16-10-3-2-4-11(18)7-10/h2-4,7-8,18H,5-6H2,1H3,(H,16,19). The molecule has 0 aliphatic rings. The monoisotopic (exact) mass is 323 g/mol. The molecular weight excluding hydrogens is 310 g/mol. The zero-order valence-electron chi connectivity index (χ0n) is 10.4. The summed E-state index contributed by atoms with van der Waals surface area (Å²) in [6.07, 6.45) is 2.03. The molecule has 100 valence electrons. The summed E-state index contributed by atoms with van der Waals surface area (Å²) in [7, 11) is 0. The van der Waals surface area contributed by atoms with Crippen molar-refractivity contribution in [2.45, 2.75) is 19.9 Å². The number of anilines is 1. The normalized spacial score (nSPS) is 10.4. The van der Waals surface area contributed by atoms with Gasteiger partial charge in [0.25, 0.3) is 0 Å². The summed E-state index contributed by atoms with van der Waals surface area (Å²) in [6.45, 7) is 2.45. The lowest BCUT2D eigenvalue weighted by Gasteiger charge is -2.07. The molecule has 0 spiro atoms. The maximum atomic E-state index is 11.8. The Kier molecular flexibility index (Phi) is 4.21. The Morgan fingerprint density at radius 3 is 2.95 bits per heavy atom. The van der Waals surface area contributed by atoms with Crippen molar-refractivity contribution in [3.63, 3.8) is 0 Å². The molecule has 0 radical (unpaired) electrons. The van der Waals surface area contributed by atoms with Gasteiger partial charge in [0.2, 0.25) is 5.91 Å². The Morgan fingerprint density at radius 2 is 2.32 bits per heavy atom. The maximum Gasteiger partial charge on any atom is 0.226 e. The Bertz CT molecular complexity index is 595. The molecule has 1 amide bonds. The van der Waals surface area contributed by atoms with Gasteiger partial charge in [-0.25, -0.2) is 0 Å². The number of rotatable bonds is 4. The molecule has 1 aromatic heterocycles. The van der Waals surface area contributed by atoms with Gasteiger partial charge < -0.3 is 10.4 Å². The number of nitrogens with zero attached hydrogens (tertiary/aromatic N) is 2. The number of amides is 1. The zero-order valence-corrected chi connectivity index (χ0v) is 12.0. The lowest BCUT2D eigenvalue weighted by molar-refractivity contribution is -0.116. The highest BCUT2D eigenvalue weighted by atomic mass is 79.9. The van der Waals surface area contributed by atoms with Crippen molar-refractivity contribution in [2.24, 2.45) is 0 Å². The number of phenolic OH excluding ortho intramolecular Hbond substituents is 1. The number of phenols is 1. The fourth-order valence-corrected chi connectivity index (χ4v) is 1.96. The van der Waals surface area contributed by atoms with E-state index in [2.05, 4.69) is 26.3 Å². The lowest BCUT2D eigenvalue weighted by Crippen LogP contribution is -2.15. The zero-order chi connectivity index (χ0) is 13.8. The van der Waals surface area contributed by atoms with Crippen molar-refractivity contribution in [1.82, 2.24) is 9.78 Å². The summed E-state index contributed by atoms with van der Waals surface area (Å²) in [5.74, 6) is 0.0151. The van der Waals surface area contributed by atoms with Gasteiger partial charge in [-0.05, 0) is 35.0 Å². The van der Waals surface area contributed by atoms with E-state index in [0.29, 0.717) is 18.7 Å². The molecule has 0 saturated carbocycles. The van der Waals surface area contributed by atoms with Gasteiger partial charge in [-0.15, -0.1) is 0 Å². The summed E-state index contributed by atoms with van der Waals surface area (Å²) in [4.78, 5) is 11.8. The van der Waals surface area contributed by atoms with Crippen molar-refractivity contribution in [3.05, 3.63) is 40.6 Å². The molecule has 0 bridgehead atoms. The van der Waals surface area contributed by atoms with Crippen molar-refractivity contribution >= 4 is 27.5 Å². The number of benzene rings is 1. The average molecular weight is 324 g/mol. The summed E-state index contributed by atoms with van der Waals surface area (Å²) in [5.41, 5.74) is 1.58. The predicted octanol–water partition coefficient (Wildman–Crippen LogP) is 2.69. The molecule has 0 saturated heterocycles. The number of carbonyl (C=O) groups excluding carboxylic acids is 1. The molecule has 0 atom stereocenters. The number of nitrogens with one attached hydrogen (secondary N) is 1. The van der Waals surface area contributed by atoms with Crippen LogP contribution in [0, 0.1) is 6.92 Å². The van der Waals surface area contributed by atoms with Crippen molar-refractivity contribution in [2.75, 3.05) is 5.32 Å². The first-order valence-corrected chi connectivity index (χ1v) is 6.62. The van der Waals surface area contributed by atoms with Gasteiger partial charge in [0, 0.05) is 23.9 Å². The van der Waals surface area contributed by atoms with Gasteiger partial charge in [-0.1, -0.05) is 6.07 Å². The second kappa shape index (κ2) is 5.88. The SMILES string of the molecule is Cc1c(Br)cnn1CCC(=O)Nc1cccc(O)c1. The second-order valence-corrected chi connectivity index (χ2v) is 5.00. The third kappa shape index (κ3) is 3.57. The van der Waals surface area contributed by atoms with Gasteiger partial charge in [0.05, 0.1) is 17.2 Å². The average Bonchev–Trinajstić information content (AvgIpc) is 2.68. The molecule has 2 N–H and O–H groups in total. The first-order chi connectivity index (χ1) is 9.06. The number of hydrogen-bond acceptors (Lipinski definition) is 3. The Labute approximate surface area is 119 Å². The molecule has 2 aromatic rings. The van der Waals surface area contributed by atoms with Gasteiger partial charge in [0.1, 0.15) is 5.75 Å². The number of carbonyl (C=O) groups is 1. The van der Waals surface area contributed by atoms with Crippen LogP contribution in [0.2, 0.25) is 0 Å². The van der Waals surface area contributed by atoms with Crippen LogP contribution in [0.3, 0.4) is 0 Å². The van der Waals surface area contributed by atoms with Gasteiger partial charge >= 0.3 is 0 Å². The fourth-order valence-electron chi connectivity index (χ4n) is 1.66. The quantitative estimate of drug-likeness (QED) is 0.909. The molecule has 19 heavy (non-hydrogen) atoms. The van der Waals surface area contributed by atoms with E-state index >= 15 is 0 Å².